The van der Waals surface area contributed by atoms with Crippen molar-refractivity contribution >= 4 is 27.4 Å². The maximum Gasteiger partial charge on any atom is 0.243 e. The Kier molecular flexibility index (Phi) is 6.63. The Balaban J connectivity index is 1.27. The quantitative estimate of drug-likeness (QED) is 0.506. The molecule has 9 nitrogen and oxygen atoms in total. The number of benzene rings is 2. The smallest absolute Gasteiger partial charge is 0.243 e. The molecule has 1 saturated heterocycles. The lowest BCUT2D eigenvalue weighted by molar-refractivity contribution is -0.116. The van der Waals surface area contributed by atoms with E-state index in [0.29, 0.717) is 45.8 Å². The van der Waals surface area contributed by atoms with Crippen LogP contribution in [-0.2, 0) is 21.2 Å². The summed E-state index contributed by atoms with van der Waals surface area (Å²) in [5.74, 6) is 1.55. The monoisotopic (exact) mass is 507 g/mol. The number of piperazine rings is 1. The second-order valence-electron chi connectivity index (χ2n) is 8.82. The van der Waals surface area contributed by atoms with Gasteiger partial charge in [-0.05, 0) is 61.4 Å². The van der Waals surface area contributed by atoms with Gasteiger partial charge < -0.3 is 14.5 Å². The van der Waals surface area contributed by atoms with E-state index in [0.717, 1.165) is 34.1 Å². The molecule has 1 amide bonds. The van der Waals surface area contributed by atoms with Gasteiger partial charge in [0.25, 0.3) is 0 Å². The van der Waals surface area contributed by atoms with Crippen molar-refractivity contribution in [3.05, 3.63) is 60.4 Å². The van der Waals surface area contributed by atoms with Gasteiger partial charge in [-0.25, -0.2) is 18.4 Å². The van der Waals surface area contributed by atoms with E-state index in [1.807, 2.05) is 37.3 Å². The van der Waals surface area contributed by atoms with Gasteiger partial charge in [-0.3, -0.25) is 4.79 Å². The fourth-order valence-electron chi connectivity index (χ4n) is 4.74. The fourth-order valence-corrected chi connectivity index (χ4v) is 6.21. The van der Waals surface area contributed by atoms with Crippen LogP contribution in [0, 0.1) is 0 Å². The van der Waals surface area contributed by atoms with E-state index >= 15 is 0 Å². The summed E-state index contributed by atoms with van der Waals surface area (Å²) in [6.45, 7) is 6.46. The predicted molar refractivity (Wildman–Crippen MR) is 138 cm³/mol. The lowest BCUT2D eigenvalue weighted by Crippen LogP contribution is -2.48. The lowest BCUT2D eigenvalue weighted by atomic mass is 10.1. The van der Waals surface area contributed by atoms with Crippen LogP contribution in [-0.4, -0.2) is 67.9 Å². The first-order chi connectivity index (χ1) is 17.4. The number of carbonyl (C=O) groups is 1. The van der Waals surface area contributed by atoms with Crippen molar-refractivity contribution < 1.29 is 17.9 Å². The number of rotatable bonds is 6. The zero-order chi connectivity index (χ0) is 25.3. The fraction of sp³-hybridized carbons (Fsp3) is 0.346. The molecule has 10 heteroatoms. The van der Waals surface area contributed by atoms with E-state index in [9.17, 15) is 13.2 Å². The molecule has 0 aliphatic carbocycles. The van der Waals surface area contributed by atoms with Gasteiger partial charge in [-0.2, -0.15) is 4.31 Å². The standard InChI is InChI=1S/C26H29N5O4S/c1-3-35-22-6-4-20(5-7-22)24-17-26(28-18-27-24)29-12-14-30(15-13-29)36(33,34)23-8-9-25-21(16-23)10-11-31(25)19(2)32/h4-9,16-18H,3,10-15H2,1-2H3. The Morgan fingerprint density at radius 1 is 0.972 bits per heavy atom. The average molecular weight is 508 g/mol. The summed E-state index contributed by atoms with van der Waals surface area (Å²) in [5.41, 5.74) is 3.46. The van der Waals surface area contributed by atoms with Crippen LogP contribution >= 0.6 is 0 Å². The summed E-state index contributed by atoms with van der Waals surface area (Å²) in [5, 5.41) is 0. The number of hydrogen-bond acceptors (Lipinski definition) is 7. The summed E-state index contributed by atoms with van der Waals surface area (Å²) in [4.78, 5) is 24.7. The molecule has 0 spiro atoms. The molecule has 0 atom stereocenters. The molecular weight excluding hydrogens is 478 g/mol. The number of carbonyl (C=O) groups excluding carboxylic acids is 1. The van der Waals surface area contributed by atoms with Crippen molar-refractivity contribution in [1.29, 1.82) is 0 Å². The minimum atomic E-state index is -3.63. The van der Waals surface area contributed by atoms with Crippen molar-refractivity contribution in [3.8, 4) is 17.0 Å². The molecule has 2 aliphatic rings. The highest BCUT2D eigenvalue weighted by atomic mass is 32.2. The molecule has 5 rings (SSSR count). The maximum absolute atomic E-state index is 13.3. The van der Waals surface area contributed by atoms with Gasteiger partial charge in [0.2, 0.25) is 15.9 Å². The Bertz CT molecular complexity index is 1370. The first-order valence-electron chi connectivity index (χ1n) is 12.1. The van der Waals surface area contributed by atoms with Crippen LogP contribution in [0.3, 0.4) is 0 Å². The van der Waals surface area contributed by atoms with Crippen LogP contribution in [0.25, 0.3) is 11.3 Å². The molecule has 2 aliphatic heterocycles. The second kappa shape index (κ2) is 9.87. The van der Waals surface area contributed by atoms with Gasteiger partial charge in [0, 0.05) is 57.0 Å². The lowest BCUT2D eigenvalue weighted by Gasteiger charge is -2.34. The first-order valence-corrected chi connectivity index (χ1v) is 13.5. The topological polar surface area (TPSA) is 95.9 Å². The summed E-state index contributed by atoms with van der Waals surface area (Å²) in [7, 11) is -3.63. The summed E-state index contributed by atoms with van der Waals surface area (Å²) in [6.07, 6.45) is 2.20. The SMILES string of the molecule is CCOc1ccc(-c2cc(N3CCN(S(=O)(=O)c4ccc5c(c4)CCN5C(C)=O)CC3)ncn2)cc1. The number of aromatic nitrogens is 2. The van der Waals surface area contributed by atoms with Gasteiger partial charge in [0.05, 0.1) is 17.2 Å². The molecule has 0 radical (unpaired) electrons. The first kappa shape index (κ1) is 24.2. The highest BCUT2D eigenvalue weighted by Crippen LogP contribution is 2.32. The van der Waals surface area contributed by atoms with E-state index in [4.69, 9.17) is 4.74 Å². The van der Waals surface area contributed by atoms with Crippen LogP contribution in [0.1, 0.15) is 19.4 Å². The number of anilines is 2. The van der Waals surface area contributed by atoms with E-state index in [-0.39, 0.29) is 10.8 Å². The summed E-state index contributed by atoms with van der Waals surface area (Å²) in [6, 6.07) is 14.8. The number of sulfonamides is 1. The molecule has 3 aromatic rings. The van der Waals surface area contributed by atoms with Crippen LogP contribution in [0.4, 0.5) is 11.5 Å². The number of amides is 1. The zero-order valence-electron chi connectivity index (χ0n) is 20.4. The van der Waals surface area contributed by atoms with Gasteiger partial charge in [-0.1, -0.05) is 0 Å². The number of nitrogens with zero attached hydrogens (tertiary/aromatic N) is 5. The van der Waals surface area contributed by atoms with Crippen molar-refractivity contribution in [2.45, 2.75) is 25.2 Å². The van der Waals surface area contributed by atoms with Crippen molar-refractivity contribution in [2.24, 2.45) is 0 Å². The molecule has 188 valence electrons. The van der Waals surface area contributed by atoms with E-state index in [1.54, 1.807) is 29.4 Å². The highest BCUT2D eigenvalue weighted by Gasteiger charge is 2.31. The highest BCUT2D eigenvalue weighted by molar-refractivity contribution is 7.89. The molecule has 36 heavy (non-hydrogen) atoms. The molecule has 0 N–H and O–H groups in total. The second-order valence-corrected chi connectivity index (χ2v) is 10.8. The molecule has 0 saturated carbocycles. The molecule has 3 heterocycles. The number of ether oxygens (including phenoxy) is 1. The Morgan fingerprint density at radius 3 is 2.42 bits per heavy atom. The van der Waals surface area contributed by atoms with Crippen LogP contribution in [0.5, 0.6) is 5.75 Å². The molecular formula is C26H29N5O4S. The van der Waals surface area contributed by atoms with E-state index < -0.39 is 10.0 Å². The van der Waals surface area contributed by atoms with E-state index in [1.165, 1.54) is 11.2 Å². The summed E-state index contributed by atoms with van der Waals surface area (Å²) < 4.78 is 33.7. The van der Waals surface area contributed by atoms with Crippen LogP contribution in [0.2, 0.25) is 0 Å². The Labute approximate surface area is 211 Å². The maximum atomic E-state index is 13.3. The molecule has 2 aromatic carbocycles. The predicted octanol–water partition coefficient (Wildman–Crippen LogP) is 2.96. The molecule has 1 aromatic heterocycles. The van der Waals surface area contributed by atoms with Gasteiger partial charge in [0.1, 0.15) is 17.9 Å². The molecule has 0 unspecified atom stereocenters. The largest absolute Gasteiger partial charge is 0.494 e. The van der Waals surface area contributed by atoms with Gasteiger partial charge >= 0.3 is 0 Å². The summed E-state index contributed by atoms with van der Waals surface area (Å²) >= 11 is 0. The third kappa shape index (κ3) is 4.66. The van der Waals surface area contributed by atoms with Crippen LogP contribution in [0.15, 0.2) is 59.8 Å². The van der Waals surface area contributed by atoms with Crippen molar-refractivity contribution in [2.75, 3.05) is 49.1 Å². The Hall–Kier alpha value is -3.50. The van der Waals surface area contributed by atoms with Crippen molar-refractivity contribution in [1.82, 2.24) is 14.3 Å². The minimum absolute atomic E-state index is 0.0316. The third-order valence-electron chi connectivity index (χ3n) is 6.64. The van der Waals surface area contributed by atoms with Crippen molar-refractivity contribution in [3.63, 3.8) is 0 Å². The zero-order valence-corrected chi connectivity index (χ0v) is 21.2. The van der Waals surface area contributed by atoms with Crippen LogP contribution < -0.4 is 14.5 Å². The van der Waals surface area contributed by atoms with Gasteiger partial charge in [0.15, 0.2) is 0 Å². The Morgan fingerprint density at radius 2 is 1.72 bits per heavy atom. The third-order valence-corrected chi connectivity index (χ3v) is 8.54. The normalized spacial score (nSPS) is 16.2. The molecule has 1 fully saturated rings. The number of hydrogen-bond donors (Lipinski definition) is 0. The number of fused-ring (bicyclic) bond motifs is 1. The van der Waals surface area contributed by atoms with E-state index in [2.05, 4.69) is 14.9 Å². The molecule has 0 bridgehead atoms. The minimum Gasteiger partial charge on any atom is -0.494 e. The average Bonchev–Trinajstić information content (AvgIpc) is 3.33. The van der Waals surface area contributed by atoms with Gasteiger partial charge in [-0.15, -0.1) is 0 Å².